The van der Waals surface area contributed by atoms with Crippen LogP contribution >= 0.6 is 0 Å². The molecule has 1 aromatic rings. The number of ether oxygens (including phenoxy) is 3. The summed E-state index contributed by atoms with van der Waals surface area (Å²) in [6, 6.07) is 4.85. The Balaban J connectivity index is 3.03. The van der Waals surface area contributed by atoms with Crippen LogP contribution in [0.15, 0.2) is 30.4 Å². The third kappa shape index (κ3) is 2.81. The van der Waals surface area contributed by atoms with Gasteiger partial charge in [-0.3, -0.25) is 0 Å². The maximum atomic E-state index is 11.3. The van der Waals surface area contributed by atoms with Gasteiger partial charge in [0.25, 0.3) is 0 Å². The summed E-state index contributed by atoms with van der Waals surface area (Å²) < 4.78 is 14.7. The topological polar surface area (TPSA) is 65.0 Å². The molecule has 1 N–H and O–H groups in total. The number of carbonyl (C=O) groups excluding carboxylic acids is 1. The first-order chi connectivity index (χ1) is 8.54. The molecule has 1 atom stereocenters. The normalized spacial score (nSPS) is 11.6. The van der Waals surface area contributed by atoms with Gasteiger partial charge in [-0.2, -0.15) is 0 Å². The molecule has 1 aromatic carbocycles. The van der Waals surface area contributed by atoms with E-state index in [-0.39, 0.29) is 5.57 Å². The Hall–Kier alpha value is -2.01. The van der Waals surface area contributed by atoms with Crippen LogP contribution in [-0.4, -0.2) is 32.4 Å². The quantitative estimate of drug-likeness (QED) is 0.635. The Morgan fingerprint density at radius 3 is 2.33 bits per heavy atom. The minimum absolute atomic E-state index is 0.0373. The van der Waals surface area contributed by atoms with E-state index < -0.39 is 12.1 Å². The van der Waals surface area contributed by atoms with Gasteiger partial charge in [0, 0.05) is 0 Å². The maximum Gasteiger partial charge on any atom is 0.336 e. The summed E-state index contributed by atoms with van der Waals surface area (Å²) in [6.07, 6.45) is -1.14. The highest BCUT2D eigenvalue weighted by atomic mass is 16.5. The molecular formula is C13H16O5. The number of aliphatic hydroxyl groups is 1. The molecule has 0 saturated heterocycles. The SMILES string of the molecule is C=C(C(=O)OC)C(O)c1ccc(OC)c(OC)c1. The van der Waals surface area contributed by atoms with E-state index in [2.05, 4.69) is 11.3 Å². The van der Waals surface area contributed by atoms with Crippen LogP contribution in [0.1, 0.15) is 11.7 Å². The maximum absolute atomic E-state index is 11.3. The lowest BCUT2D eigenvalue weighted by Crippen LogP contribution is -2.12. The van der Waals surface area contributed by atoms with Crippen molar-refractivity contribution in [2.45, 2.75) is 6.10 Å². The van der Waals surface area contributed by atoms with Crippen molar-refractivity contribution in [2.24, 2.45) is 0 Å². The molecule has 0 aliphatic heterocycles. The predicted molar refractivity (Wildman–Crippen MR) is 65.7 cm³/mol. The monoisotopic (exact) mass is 252 g/mol. The highest BCUT2D eigenvalue weighted by molar-refractivity contribution is 5.89. The van der Waals surface area contributed by atoms with Gasteiger partial charge in [0.15, 0.2) is 11.5 Å². The van der Waals surface area contributed by atoms with E-state index >= 15 is 0 Å². The highest BCUT2D eigenvalue weighted by Crippen LogP contribution is 2.31. The van der Waals surface area contributed by atoms with Gasteiger partial charge in [0.1, 0.15) is 6.10 Å². The van der Waals surface area contributed by atoms with Crippen LogP contribution in [0.2, 0.25) is 0 Å². The van der Waals surface area contributed by atoms with Gasteiger partial charge in [0.2, 0.25) is 0 Å². The number of methoxy groups -OCH3 is 3. The van der Waals surface area contributed by atoms with Gasteiger partial charge in [-0.1, -0.05) is 12.6 Å². The zero-order chi connectivity index (χ0) is 13.7. The smallest absolute Gasteiger partial charge is 0.336 e. The second-order valence-corrected chi connectivity index (χ2v) is 3.53. The van der Waals surface area contributed by atoms with Crippen LogP contribution in [0, 0.1) is 0 Å². The summed E-state index contributed by atoms with van der Waals surface area (Å²) in [4.78, 5) is 11.3. The van der Waals surface area contributed by atoms with Crippen LogP contribution in [0.4, 0.5) is 0 Å². The number of hydrogen-bond acceptors (Lipinski definition) is 5. The van der Waals surface area contributed by atoms with Crippen molar-refractivity contribution in [1.29, 1.82) is 0 Å². The summed E-state index contributed by atoms with van der Waals surface area (Å²) in [7, 11) is 4.24. The third-order valence-corrected chi connectivity index (χ3v) is 2.50. The number of aliphatic hydroxyl groups excluding tert-OH is 1. The molecule has 98 valence electrons. The summed E-state index contributed by atoms with van der Waals surface area (Å²) in [5.41, 5.74) is 0.438. The molecule has 0 aliphatic carbocycles. The summed E-state index contributed by atoms with van der Waals surface area (Å²) in [6.45, 7) is 3.50. The highest BCUT2D eigenvalue weighted by Gasteiger charge is 2.20. The van der Waals surface area contributed by atoms with E-state index in [1.807, 2.05) is 0 Å². The number of hydrogen-bond donors (Lipinski definition) is 1. The van der Waals surface area contributed by atoms with Crippen molar-refractivity contribution >= 4 is 5.97 Å². The van der Waals surface area contributed by atoms with E-state index in [9.17, 15) is 9.90 Å². The van der Waals surface area contributed by atoms with Crippen LogP contribution < -0.4 is 9.47 Å². The summed E-state index contributed by atoms with van der Waals surface area (Å²) in [5, 5.41) is 9.98. The van der Waals surface area contributed by atoms with Gasteiger partial charge in [-0.15, -0.1) is 0 Å². The van der Waals surface area contributed by atoms with E-state index in [0.29, 0.717) is 17.1 Å². The largest absolute Gasteiger partial charge is 0.493 e. The molecular weight excluding hydrogens is 236 g/mol. The first-order valence-electron chi connectivity index (χ1n) is 5.22. The average Bonchev–Trinajstić information content (AvgIpc) is 2.43. The molecule has 0 aliphatic rings. The Bertz CT molecular complexity index is 453. The van der Waals surface area contributed by atoms with Crippen LogP contribution in [0.5, 0.6) is 11.5 Å². The molecule has 0 spiro atoms. The average molecular weight is 252 g/mol. The molecule has 18 heavy (non-hydrogen) atoms. The third-order valence-electron chi connectivity index (χ3n) is 2.50. The van der Waals surface area contributed by atoms with Crippen molar-refractivity contribution in [3.63, 3.8) is 0 Å². The zero-order valence-corrected chi connectivity index (χ0v) is 10.6. The van der Waals surface area contributed by atoms with Gasteiger partial charge in [-0.05, 0) is 17.7 Å². The lowest BCUT2D eigenvalue weighted by Gasteiger charge is -2.14. The van der Waals surface area contributed by atoms with Crippen molar-refractivity contribution < 1.29 is 24.1 Å². The summed E-state index contributed by atoms with van der Waals surface area (Å²) >= 11 is 0. The first kappa shape index (κ1) is 14.1. The van der Waals surface area contributed by atoms with Gasteiger partial charge in [-0.25, -0.2) is 4.79 Å². The fraction of sp³-hybridized carbons (Fsp3) is 0.308. The Kier molecular flexibility index (Phi) is 4.74. The van der Waals surface area contributed by atoms with Gasteiger partial charge in [0.05, 0.1) is 26.9 Å². The fourth-order valence-electron chi connectivity index (χ4n) is 1.47. The predicted octanol–water partition coefficient (Wildman–Crippen LogP) is 1.47. The van der Waals surface area contributed by atoms with E-state index in [1.54, 1.807) is 18.2 Å². The summed E-state index contributed by atoms with van der Waals surface area (Å²) in [5.74, 6) is 0.348. The Morgan fingerprint density at radius 2 is 1.83 bits per heavy atom. The molecule has 0 fully saturated rings. The van der Waals surface area contributed by atoms with Crippen molar-refractivity contribution in [3.8, 4) is 11.5 Å². The molecule has 5 heteroatoms. The number of rotatable bonds is 5. The zero-order valence-electron chi connectivity index (χ0n) is 10.6. The number of carbonyl (C=O) groups is 1. The molecule has 1 unspecified atom stereocenters. The first-order valence-corrected chi connectivity index (χ1v) is 5.22. The molecule has 0 amide bonds. The van der Waals surface area contributed by atoms with Gasteiger partial charge < -0.3 is 19.3 Å². The number of benzene rings is 1. The Morgan fingerprint density at radius 1 is 1.22 bits per heavy atom. The number of esters is 1. The van der Waals surface area contributed by atoms with E-state index in [4.69, 9.17) is 9.47 Å². The molecule has 1 rings (SSSR count). The van der Waals surface area contributed by atoms with Crippen molar-refractivity contribution in [2.75, 3.05) is 21.3 Å². The van der Waals surface area contributed by atoms with E-state index in [1.165, 1.54) is 21.3 Å². The van der Waals surface area contributed by atoms with Crippen molar-refractivity contribution in [1.82, 2.24) is 0 Å². The second kappa shape index (κ2) is 6.07. The Labute approximate surface area is 106 Å². The lowest BCUT2D eigenvalue weighted by atomic mass is 10.0. The van der Waals surface area contributed by atoms with E-state index in [0.717, 1.165) is 0 Å². The molecule has 0 heterocycles. The van der Waals surface area contributed by atoms with Crippen LogP contribution in [-0.2, 0) is 9.53 Å². The standard InChI is InChI=1S/C13H16O5/c1-8(13(15)18-4)12(14)9-5-6-10(16-2)11(7-9)17-3/h5-7,12,14H,1H2,2-4H3. The minimum Gasteiger partial charge on any atom is -0.493 e. The van der Waals surface area contributed by atoms with Gasteiger partial charge >= 0.3 is 5.97 Å². The molecule has 5 nitrogen and oxygen atoms in total. The molecule has 0 aromatic heterocycles. The second-order valence-electron chi connectivity index (χ2n) is 3.53. The lowest BCUT2D eigenvalue weighted by molar-refractivity contribution is -0.137. The van der Waals surface area contributed by atoms with Crippen molar-refractivity contribution in [3.05, 3.63) is 35.9 Å². The molecule has 0 saturated carbocycles. The van der Waals surface area contributed by atoms with Crippen LogP contribution in [0.25, 0.3) is 0 Å². The van der Waals surface area contributed by atoms with Crippen LogP contribution in [0.3, 0.4) is 0 Å². The fourth-order valence-corrected chi connectivity index (χ4v) is 1.47. The molecule has 0 bridgehead atoms. The molecule has 0 radical (unpaired) electrons. The minimum atomic E-state index is -1.14.